The highest BCUT2D eigenvalue weighted by Gasteiger charge is 2.64. The maximum atomic E-state index is 13.5. The monoisotopic (exact) mass is 600 g/mol. The number of benzene rings is 3. The fraction of sp³-hybridized carbons (Fsp3) is 0.312. The highest BCUT2D eigenvalue weighted by molar-refractivity contribution is 9.10. The molecule has 0 spiro atoms. The lowest BCUT2D eigenvalue weighted by molar-refractivity contribution is -0.123. The van der Waals surface area contributed by atoms with Crippen LogP contribution in [0.25, 0.3) is 0 Å². The number of hydrogen-bond donors (Lipinski definition) is 1. The van der Waals surface area contributed by atoms with Crippen molar-refractivity contribution in [2.24, 2.45) is 23.7 Å². The quantitative estimate of drug-likeness (QED) is 0.285. The van der Waals surface area contributed by atoms with Crippen molar-refractivity contribution in [2.75, 3.05) is 16.8 Å². The number of hydrogen-bond acceptors (Lipinski definition) is 5. The zero-order valence-corrected chi connectivity index (χ0v) is 23.8. The van der Waals surface area contributed by atoms with Gasteiger partial charge in [-0.25, -0.2) is 4.79 Å². The number of carbonyl (C=O) groups is 4. The highest BCUT2D eigenvalue weighted by Crippen LogP contribution is 2.61. The van der Waals surface area contributed by atoms with Crippen LogP contribution in [0.2, 0.25) is 0 Å². The molecule has 3 fully saturated rings. The first kappa shape index (κ1) is 26.4. The molecular weight excluding hydrogens is 572 g/mol. The van der Waals surface area contributed by atoms with Crippen LogP contribution in [0.1, 0.15) is 45.8 Å². The van der Waals surface area contributed by atoms with E-state index in [1.54, 1.807) is 18.2 Å². The van der Waals surface area contributed by atoms with E-state index in [1.165, 1.54) is 22.6 Å². The smallest absolute Gasteiger partial charge is 0.338 e. The van der Waals surface area contributed by atoms with Gasteiger partial charge in [0.1, 0.15) is 0 Å². The predicted octanol–water partition coefficient (Wildman–Crippen LogP) is 5.79. The molecule has 0 unspecified atom stereocenters. The summed E-state index contributed by atoms with van der Waals surface area (Å²) in [6.07, 6.45) is 1.85. The summed E-state index contributed by atoms with van der Waals surface area (Å²) in [4.78, 5) is 53.2. The van der Waals surface area contributed by atoms with E-state index >= 15 is 0 Å². The molecule has 3 aromatic carbocycles. The lowest BCUT2D eigenvalue weighted by atomic mass is 9.73. The van der Waals surface area contributed by atoms with Gasteiger partial charge in [0.25, 0.3) is 5.91 Å². The summed E-state index contributed by atoms with van der Waals surface area (Å²) in [6, 6.07) is 20.1. The molecule has 8 heteroatoms. The van der Waals surface area contributed by atoms with Gasteiger partial charge >= 0.3 is 5.97 Å². The van der Waals surface area contributed by atoms with Gasteiger partial charge in [0.05, 0.1) is 23.1 Å². The highest BCUT2D eigenvalue weighted by atomic mass is 79.9. The van der Waals surface area contributed by atoms with E-state index in [4.69, 9.17) is 4.74 Å². The maximum absolute atomic E-state index is 13.5. The van der Waals surface area contributed by atoms with Gasteiger partial charge in [-0.1, -0.05) is 46.3 Å². The number of nitrogens with zero attached hydrogens (tertiary/aromatic N) is 1. The Morgan fingerprint density at radius 1 is 0.900 bits per heavy atom. The van der Waals surface area contributed by atoms with Crippen molar-refractivity contribution >= 4 is 51.0 Å². The van der Waals surface area contributed by atoms with E-state index in [0.717, 1.165) is 28.4 Å². The molecule has 2 bridgehead atoms. The minimum absolute atomic E-state index is 0.139. The van der Waals surface area contributed by atoms with Crippen molar-refractivity contribution in [2.45, 2.75) is 32.6 Å². The van der Waals surface area contributed by atoms with Crippen molar-refractivity contribution in [3.63, 3.8) is 0 Å². The van der Waals surface area contributed by atoms with Crippen LogP contribution in [0.3, 0.4) is 0 Å². The first-order valence-electron chi connectivity index (χ1n) is 13.5. The average molecular weight is 601 g/mol. The molecule has 1 heterocycles. The molecule has 5 atom stereocenters. The summed E-state index contributed by atoms with van der Waals surface area (Å²) in [7, 11) is 0. The summed E-state index contributed by atoms with van der Waals surface area (Å²) in [6.45, 7) is 3.41. The number of rotatable bonds is 6. The standard InChI is InChI=1S/C32H29BrN2O5/c1-17-18(2)26(13-12-25(17)33)34-27(36)16-40-32(39)20-8-10-22(11-9-20)35-30(37)28-21-14-23(19-6-4-3-5-7-19)24(15-21)29(28)31(35)38/h3-13,21,23-24,28-29H,14-16H2,1-2H3,(H,34,36)/t21-,23+,24+,28+,29+/m0/s1. The molecule has 2 saturated carbocycles. The van der Waals surface area contributed by atoms with Crippen LogP contribution >= 0.6 is 15.9 Å². The molecule has 204 valence electrons. The number of imide groups is 1. The summed E-state index contributed by atoms with van der Waals surface area (Å²) in [5.41, 5.74) is 4.51. The molecule has 1 aliphatic heterocycles. The summed E-state index contributed by atoms with van der Waals surface area (Å²) < 4.78 is 6.15. The van der Waals surface area contributed by atoms with Crippen LogP contribution in [0.15, 0.2) is 71.2 Å². The fourth-order valence-corrected chi connectivity index (χ4v) is 7.30. The number of nitrogens with one attached hydrogen (secondary N) is 1. The third-order valence-corrected chi connectivity index (χ3v) is 9.79. The molecule has 40 heavy (non-hydrogen) atoms. The lowest BCUT2D eigenvalue weighted by Crippen LogP contribution is -2.33. The van der Waals surface area contributed by atoms with Crippen LogP contribution in [0, 0.1) is 37.5 Å². The molecule has 0 aromatic heterocycles. The molecular formula is C32H29BrN2O5. The summed E-state index contributed by atoms with van der Waals surface area (Å²) in [5.74, 6) is -1.26. The van der Waals surface area contributed by atoms with E-state index in [1.807, 2.05) is 38.1 Å². The number of amides is 3. The van der Waals surface area contributed by atoms with Crippen molar-refractivity contribution in [3.8, 4) is 0 Å². The van der Waals surface area contributed by atoms with Gasteiger partial charge in [0.2, 0.25) is 11.8 Å². The summed E-state index contributed by atoms with van der Waals surface area (Å²) >= 11 is 3.46. The lowest BCUT2D eigenvalue weighted by Gasteiger charge is -2.28. The zero-order chi connectivity index (χ0) is 28.1. The number of anilines is 2. The van der Waals surface area contributed by atoms with Crippen LogP contribution in [0.4, 0.5) is 11.4 Å². The van der Waals surface area contributed by atoms with Crippen LogP contribution < -0.4 is 10.2 Å². The van der Waals surface area contributed by atoms with Gasteiger partial charge in [0.15, 0.2) is 6.61 Å². The Labute approximate surface area is 241 Å². The van der Waals surface area contributed by atoms with E-state index < -0.39 is 18.5 Å². The third kappa shape index (κ3) is 4.44. The number of carbonyl (C=O) groups excluding carboxylic acids is 4. The van der Waals surface area contributed by atoms with Gasteiger partial charge < -0.3 is 10.1 Å². The fourth-order valence-electron chi connectivity index (χ4n) is 6.87. The van der Waals surface area contributed by atoms with Crippen molar-refractivity contribution in [1.82, 2.24) is 0 Å². The Bertz CT molecular complexity index is 1520. The van der Waals surface area contributed by atoms with Crippen molar-refractivity contribution in [1.29, 1.82) is 0 Å². The van der Waals surface area contributed by atoms with E-state index in [2.05, 4.69) is 33.4 Å². The average Bonchev–Trinajstić information content (AvgIpc) is 3.64. The molecule has 7 nitrogen and oxygen atoms in total. The minimum Gasteiger partial charge on any atom is -0.452 e. The Balaban J connectivity index is 1.09. The topological polar surface area (TPSA) is 92.8 Å². The third-order valence-electron chi connectivity index (χ3n) is 8.93. The van der Waals surface area contributed by atoms with E-state index in [0.29, 0.717) is 17.3 Å². The largest absolute Gasteiger partial charge is 0.452 e. The van der Waals surface area contributed by atoms with Gasteiger partial charge in [0, 0.05) is 10.2 Å². The SMILES string of the molecule is Cc1c(Br)ccc(NC(=O)COC(=O)c2ccc(N3C(=O)[C@@H]4[C@@H]5C[C@@H]([C@H]4C3=O)[C@@H](c3ccccc3)C5)cc2)c1C. The second-order valence-electron chi connectivity index (χ2n) is 11.0. The molecule has 0 radical (unpaired) electrons. The molecule has 6 rings (SSSR count). The zero-order valence-electron chi connectivity index (χ0n) is 22.2. The van der Waals surface area contributed by atoms with E-state index in [-0.39, 0.29) is 41.0 Å². The van der Waals surface area contributed by atoms with Gasteiger partial charge in [-0.15, -0.1) is 0 Å². The molecule has 3 aromatic rings. The maximum Gasteiger partial charge on any atom is 0.338 e. The number of esters is 1. The Hall–Kier alpha value is -3.78. The Kier molecular flexibility index (Phi) is 6.82. The predicted molar refractivity (Wildman–Crippen MR) is 154 cm³/mol. The Morgan fingerprint density at radius 2 is 1.60 bits per heavy atom. The Morgan fingerprint density at radius 3 is 2.33 bits per heavy atom. The molecule has 3 aliphatic rings. The van der Waals surface area contributed by atoms with Gasteiger partial charge in [-0.05, 0) is 97.5 Å². The minimum atomic E-state index is -0.662. The van der Waals surface area contributed by atoms with Crippen molar-refractivity contribution < 1.29 is 23.9 Å². The first-order chi connectivity index (χ1) is 19.2. The van der Waals surface area contributed by atoms with Crippen molar-refractivity contribution in [3.05, 3.63) is 93.5 Å². The van der Waals surface area contributed by atoms with Gasteiger partial charge in [-0.2, -0.15) is 0 Å². The summed E-state index contributed by atoms with van der Waals surface area (Å²) in [5, 5.41) is 2.77. The molecule has 2 aliphatic carbocycles. The van der Waals surface area contributed by atoms with Gasteiger partial charge in [-0.3, -0.25) is 19.3 Å². The second kappa shape index (κ2) is 10.3. The number of halogens is 1. The second-order valence-corrected chi connectivity index (χ2v) is 11.8. The van der Waals surface area contributed by atoms with Crippen LogP contribution in [-0.2, 0) is 19.1 Å². The number of fused-ring (bicyclic) bond motifs is 5. The van der Waals surface area contributed by atoms with Crippen LogP contribution in [-0.4, -0.2) is 30.3 Å². The first-order valence-corrected chi connectivity index (χ1v) is 14.3. The molecule has 1 N–H and O–H groups in total. The number of ether oxygens (including phenoxy) is 1. The van der Waals surface area contributed by atoms with Crippen LogP contribution in [0.5, 0.6) is 0 Å². The molecule has 3 amide bonds. The van der Waals surface area contributed by atoms with E-state index in [9.17, 15) is 19.2 Å². The normalized spacial score (nSPS) is 24.8. The molecule has 1 saturated heterocycles.